The summed E-state index contributed by atoms with van der Waals surface area (Å²) in [4.78, 5) is 22.5. The van der Waals surface area contributed by atoms with Gasteiger partial charge in [-0.1, -0.05) is 13.8 Å². The molecule has 2 aromatic carbocycles. The van der Waals surface area contributed by atoms with E-state index >= 15 is 0 Å². The van der Waals surface area contributed by atoms with Crippen molar-refractivity contribution in [2.45, 2.75) is 46.0 Å². The summed E-state index contributed by atoms with van der Waals surface area (Å²) < 4.78 is 11.8. The number of hydrogen-bond acceptors (Lipinski definition) is 5. The largest absolute Gasteiger partial charge is 0.508 e. The second-order valence-electron chi connectivity index (χ2n) is 7.43. The van der Waals surface area contributed by atoms with E-state index in [2.05, 4.69) is 5.32 Å². The third kappa shape index (κ3) is 3.85. The Kier molecular flexibility index (Phi) is 5.68. The van der Waals surface area contributed by atoms with Crippen LogP contribution in [0.1, 0.15) is 48.4 Å². The van der Waals surface area contributed by atoms with Crippen LogP contribution in [0.25, 0.3) is 0 Å². The van der Waals surface area contributed by atoms with E-state index in [-0.39, 0.29) is 11.7 Å². The number of phenolic OH excluding ortho intramolecular Hbond substituents is 1. The molecule has 0 saturated heterocycles. The van der Waals surface area contributed by atoms with Gasteiger partial charge in [0.2, 0.25) is 0 Å². The maximum Gasteiger partial charge on any atom is 0.394 e. The fourth-order valence-electron chi connectivity index (χ4n) is 3.86. The number of nitrogens with one attached hydrogen (secondary N) is 1. The van der Waals surface area contributed by atoms with E-state index in [9.17, 15) is 14.7 Å². The summed E-state index contributed by atoms with van der Waals surface area (Å²) in [6, 6.07) is 4.99. The van der Waals surface area contributed by atoms with Crippen LogP contribution in [-0.2, 0) is 22.4 Å². The first-order chi connectivity index (χ1) is 13.7. The van der Waals surface area contributed by atoms with Crippen molar-refractivity contribution < 1.29 is 29.3 Å². The van der Waals surface area contributed by atoms with Crippen molar-refractivity contribution in [3.8, 4) is 23.0 Å². The second-order valence-corrected chi connectivity index (χ2v) is 7.43. The Morgan fingerprint density at radius 2 is 1.83 bits per heavy atom. The number of phenols is 1. The molecule has 0 spiro atoms. The van der Waals surface area contributed by atoms with Gasteiger partial charge in [0.05, 0.1) is 7.11 Å². The highest BCUT2D eigenvalue weighted by molar-refractivity contribution is 6.36. The SMILES string of the molecule is COc1c(Oc2c(C)cc(NC(=O)C(=O)O)c3c2CCC3)ccc(O)c1C(C)C. The van der Waals surface area contributed by atoms with E-state index < -0.39 is 11.9 Å². The van der Waals surface area contributed by atoms with Gasteiger partial charge in [-0.15, -0.1) is 0 Å². The lowest BCUT2D eigenvalue weighted by Crippen LogP contribution is -2.22. The predicted molar refractivity (Wildman–Crippen MR) is 108 cm³/mol. The van der Waals surface area contributed by atoms with Crippen molar-refractivity contribution >= 4 is 17.6 Å². The van der Waals surface area contributed by atoms with Gasteiger partial charge in [-0.25, -0.2) is 4.79 Å². The molecule has 29 heavy (non-hydrogen) atoms. The number of benzene rings is 2. The van der Waals surface area contributed by atoms with E-state index in [0.717, 1.165) is 36.0 Å². The zero-order valence-electron chi connectivity index (χ0n) is 17.0. The van der Waals surface area contributed by atoms with Crippen LogP contribution in [0.4, 0.5) is 5.69 Å². The number of ether oxygens (including phenoxy) is 2. The van der Waals surface area contributed by atoms with Gasteiger partial charge >= 0.3 is 11.9 Å². The fraction of sp³-hybridized carbons (Fsp3) is 0.364. The minimum absolute atomic E-state index is 0.0360. The number of carboxylic acid groups (broad SMARTS) is 1. The molecule has 0 heterocycles. The third-order valence-corrected chi connectivity index (χ3v) is 5.11. The lowest BCUT2D eigenvalue weighted by atomic mass is 10.00. The minimum Gasteiger partial charge on any atom is -0.508 e. The van der Waals surface area contributed by atoms with E-state index in [0.29, 0.717) is 28.5 Å². The molecule has 0 atom stereocenters. The number of aliphatic carboxylic acids is 1. The Morgan fingerprint density at radius 3 is 2.45 bits per heavy atom. The Bertz CT molecular complexity index is 980. The first kappa shape index (κ1) is 20.5. The maximum absolute atomic E-state index is 11.6. The molecule has 3 rings (SSSR count). The number of methoxy groups -OCH3 is 1. The van der Waals surface area contributed by atoms with Crippen LogP contribution in [0.3, 0.4) is 0 Å². The quantitative estimate of drug-likeness (QED) is 0.653. The molecular formula is C22H25NO6. The van der Waals surface area contributed by atoms with Gasteiger partial charge in [-0.3, -0.25) is 4.79 Å². The third-order valence-electron chi connectivity index (χ3n) is 5.11. The lowest BCUT2D eigenvalue weighted by molar-refractivity contribution is -0.147. The molecule has 3 N–H and O–H groups in total. The number of aromatic hydroxyl groups is 1. The summed E-state index contributed by atoms with van der Waals surface area (Å²) >= 11 is 0. The highest BCUT2D eigenvalue weighted by atomic mass is 16.5. The molecule has 1 aliphatic carbocycles. The smallest absolute Gasteiger partial charge is 0.394 e. The summed E-state index contributed by atoms with van der Waals surface area (Å²) in [5.41, 5.74) is 3.79. The predicted octanol–water partition coefficient (Wildman–Crippen LogP) is 4.14. The van der Waals surface area contributed by atoms with Crippen LogP contribution in [0.2, 0.25) is 0 Å². The van der Waals surface area contributed by atoms with Crippen LogP contribution in [0.5, 0.6) is 23.0 Å². The minimum atomic E-state index is -1.52. The number of rotatable bonds is 5. The standard InChI is InChI=1S/C22H25NO6/c1-11(2)18-16(24)8-9-17(20(18)28-4)29-19-12(3)10-15(23-21(25)22(26)27)13-6-5-7-14(13)19/h8-11,24H,5-7H2,1-4H3,(H,23,25)(H,26,27). The maximum atomic E-state index is 11.6. The Labute approximate surface area is 169 Å². The summed E-state index contributed by atoms with van der Waals surface area (Å²) in [5, 5.41) is 21.6. The summed E-state index contributed by atoms with van der Waals surface area (Å²) in [7, 11) is 1.54. The van der Waals surface area contributed by atoms with Gasteiger partial charge in [0.15, 0.2) is 11.5 Å². The van der Waals surface area contributed by atoms with Crippen molar-refractivity contribution in [3.63, 3.8) is 0 Å². The Morgan fingerprint density at radius 1 is 1.14 bits per heavy atom. The average molecular weight is 399 g/mol. The second kappa shape index (κ2) is 8.03. The van der Waals surface area contributed by atoms with Crippen LogP contribution < -0.4 is 14.8 Å². The van der Waals surface area contributed by atoms with Crippen molar-refractivity contribution in [1.82, 2.24) is 0 Å². The molecule has 1 amide bonds. The Balaban J connectivity index is 2.06. The Hall–Kier alpha value is -3.22. The van der Waals surface area contributed by atoms with Gasteiger partial charge in [-0.2, -0.15) is 0 Å². The molecule has 7 nitrogen and oxygen atoms in total. The molecule has 7 heteroatoms. The average Bonchev–Trinajstić information content (AvgIpc) is 3.14. The number of carboxylic acids is 1. The normalized spacial score (nSPS) is 12.6. The molecule has 0 bridgehead atoms. The molecule has 0 aliphatic heterocycles. The van der Waals surface area contributed by atoms with Gasteiger partial charge in [0.25, 0.3) is 0 Å². The monoisotopic (exact) mass is 399 g/mol. The molecule has 1 aliphatic rings. The number of anilines is 1. The number of carbonyl (C=O) groups is 2. The highest BCUT2D eigenvalue weighted by Crippen LogP contribution is 2.46. The van der Waals surface area contributed by atoms with Crippen molar-refractivity contribution in [3.05, 3.63) is 40.5 Å². The van der Waals surface area contributed by atoms with Gasteiger partial charge in [-0.05, 0) is 61.4 Å². The molecule has 0 fully saturated rings. The molecule has 0 saturated carbocycles. The van der Waals surface area contributed by atoms with Crippen LogP contribution in [0.15, 0.2) is 18.2 Å². The van der Waals surface area contributed by atoms with Crippen molar-refractivity contribution in [2.75, 3.05) is 12.4 Å². The molecular weight excluding hydrogens is 374 g/mol. The van der Waals surface area contributed by atoms with E-state index in [4.69, 9.17) is 14.6 Å². The fourth-order valence-corrected chi connectivity index (χ4v) is 3.86. The van der Waals surface area contributed by atoms with Gasteiger partial charge < -0.3 is 25.0 Å². The van der Waals surface area contributed by atoms with Crippen LogP contribution in [0, 0.1) is 6.92 Å². The van der Waals surface area contributed by atoms with Crippen LogP contribution in [-0.4, -0.2) is 29.2 Å². The lowest BCUT2D eigenvalue weighted by Gasteiger charge is -2.21. The zero-order chi connectivity index (χ0) is 21.3. The van der Waals surface area contributed by atoms with Crippen molar-refractivity contribution in [1.29, 1.82) is 0 Å². The van der Waals surface area contributed by atoms with E-state index in [1.54, 1.807) is 18.2 Å². The molecule has 2 aromatic rings. The van der Waals surface area contributed by atoms with E-state index in [1.807, 2.05) is 20.8 Å². The molecule has 0 unspecified atom stereocenters. The molecule has 154 valence electrons. The number of hydrogen-bond donors (Lipinski definition) is 3. The number of fused-ring (bicyclic) bond motifs is 1. The number of amides is 1. The summed E-state index contributed by atoms with van der Waals surface area (Å²) in [5.74, 6) is -0.752. The first-order valence-electron chi connectivity index (χ1n) is 9.51. The number of aryl methyl sites for hydroxylation is 1. The van der Waals surface area contributed by atoms with Gasteiger partial charge in [0.1, 0.15) is 11.5 Å². The van der Waals surface area contributed by atoms with Crippen molar-refractivity contribution in [2.24, 2.45) is 0 Å². The highest BCUT2D eigenvalue weighted by Gasteiger charge is 2.26. The molecule has 0 aromatic heterocycles. The van der Waals surface area contributed by atoms with Crippen LogP contribution >= 0.6 is 0 Å². The molecule has 0 radical (unpaired) electrons. The first-order valence-corrected chi connectivity index (χ1v) is 9.51. The van der Waals surface area contributed by atoms with Gasteiger partial charge in [0, 0.05) is 16.8 Å². The van der Waals surface area contributed by atoms with E-state index in [1.165, 1.54) is 7.11 Å². The number of carbonyl (C=O) groups excluding carboxylic acids is 1. The topological polar surface area (TPSA) is 105 Å². The zero-order valence-corrected chi connectivity index (χ0v) is 17.0. The summed E-state index contributed by atoms with van der Waals surface area (Å²) in [6.07, 6.45) is 2.37. The summed E-state index contributed by atoms with van der Waals surface area (Å²) in [6.45, 7) is 5.77.